The van der Waals surface area contributed by atoms with Crippen LogP contribution in [0.5, 0.6) is 0 Å². The molecular weight excluding hydrogens is 323 g/mol. The molecule has 0 aromatic heterocycles. The second-order valence-electron chi connectivity index (χ2n) is 5.89. The first-order chi connectivity index (χ1) is 10.8. The number of carboxylic acid groups (broad SMARTS) is 1. The molecule has 1 aromatic rings. The third kappa shape index (κ3) is 4.00. The van der Waals surface area contributed by atoms with Gasteiger partial charge in [-0.3, -0.25) is 14.5 Å². The van der Waals surface area contributed by atoms with E-state index in [2.05, 4.69) is 0 Å². The molecule has 1 N–H and O–H groups in total. The van der Waals surface area contributed by atoms with Gasteiger partial charge in [-0.05, 0) is 32.0 Å². The number of rotatable bonds is 5. The lowest BCUT2D eigenvalue weighted by Gasteiger charge is -2.28. The lowest BCUT2D eigenvalue weighted by molar-refractivity contribution is -0.142. The van der Waals surface area contributed by atoms with Gasteiger partial charge in [0.15, 0.2) is 0 Å². The summed E-state index contributed by atoms with van der Waals surface area (Å²) in [5, 5.41) is 9.32. The molecule has 0 bridgehead atoms. The van der Waals surface area contributed by atoms with Crippen LogP contribution in [0, 0.1) is 11.7 Å². The number of likely N-dealkylation sites (N-methyl/N-ethyl adjacent to an activating group) is 1. The topological polar surface area (TPSA) is 60.9 Å². The van der Waals surface area contributed by atoms with Gasteiger partial charge in [0.1, 0.15) is 5.82 Å². The second kappa shape index (κ2) is 7.27. The molecule has 0 saturated carbocycles. The van der Waals surface area contributed by atoms with Crippen molar-refractivity contribution in [3.63, 3.8) is 0 Å². The van der Waals surface area contributed by atoms with E-state index in [1.165, 1.54) is 17.0 Å². The third-order valence-corrected chi connectivity index (χ3v) is 4.66. The number of carboxylic acids is 1. The normalized spacial score (nSPS) is 19.6. The fourth-order valence-corrected chi connectivity index (χ4v) is 3.04. The highest BCUT2D eigenvalue weighted by atomic mass is 35.5. The maximum absolute atomic E-state index is 13.8. The predicted molar refractivity (Wildman–Crippen MR) is 84.7 cm³/mol. The molecule has 1 aromatic carbocycles. The van der Waals surface area contributed by atoms with Gasteiger partial charge in [0.05, 0.1) is 12.0 Å². The van der Waals surface area contributed by atoms with Gasteiger partial charge in [0, 0.05) is 30.7 Å². The summed E-state index contributed by atoms with van der Waals surface area (Å²) < 4.78 is 13.8. The van der Waals surface area contributed by atoms with Crippen LogP contribution in [0.3, 0.4) is 0 Å². The van der Waals surface area contributed by atoms with E-state index < -0.39 is 23.7 Å². The summed E-state index contributed by atoms with van der Waals surface area (Å²) in [4.78, 5) is 26.8. The second-order valence-corrected chi connectivity index (χ2v) is 6.30. The van der Waals surface area contributed by atoms with Crippen molar-refractivity contribution in [1.82, 2.24) is 9.80 Å². The third-order valence-electron chi connectivity index (χ3n) is 4.31. The van der Waals surface area contributed by atoms with Gasteiger partial charge >= 0.3 is 5.97 Å². The first kappa shape index (κ1) is 17.7. The molecule has 2 unspecified atom stereocenters. The van der Waals surface area contributed by atoms with E-state index in [-0.39, 0.29) is 23.0 Å². The molecule has 1 saturated heterocycles. The van der Waals surface area contributed by atoms with Crippen LogP contribution in [0.25, 0.3) is 0 Å². The summed E-state index contributed by atoms with van der Waals surface area (Å²) in [6.07, 6.45) is 0.538. The Hall–Kier alpha value is -1.66. The maximum Gasteiger partial charge on any atom is 0.307 e. The molecule has 0 radical (unpaired) electrons. The molecule has 0 aliphatic carbocycles. The van der Waals surface area contributed by atoms with Crippen LogP contribution >= 0.6 is 11.6 Å². The minimum atomic E-state index is -0.835. The molecule has 7 heteroatoms. The summed E-state index contributed by atoms with van der Waals surface area (Å²) in [6, 6.07) is 3.96. The zero-order valence-electron chi connectivity index (χ0n) is 13.1. The number of carbonyl (C=O) groups is 2. The molecule has 126 valence electrons. The molecule has 1 heterocycles. The van der Waals surface area contributed by atoms with Gasteiger partial charge in [0.25, 0.3) is 0 Å². The number of nitrogens with zero attached hydrogens (tertiary/aromatic N) is 2. The van der Waals surface area contributed by atoms with Crippen molar-refractivity contribution >= 4 is 23.5 Å². The van der Waals surface area contributed by atoms with Crippen molar-refractivity contribution in [3.05, 3.63) is 34.6 Å². The summed E-state index contributed by atoms with van der Waals surface area (Å²) in [5.74, 6) is -1.90. The van der Waals surface area contributed by atoms with Crippen molar-refractivity contribution < 1.29 is 19.1 Å². The average Bonchev–Trinajstić information content (AvgIpc) is 2.99. The van der Waals surface area contributed by atoms with Crippen LogP contribution in [0.15, 0.2) is 18.2 Å². The summed E-state index contributed by atoms with van der Waals surface area (Å²) in [5.41, 5.74) is 0.280. The number of hydrogen-bond acceptors (Lipinski definition) is 3. The van der Waals surface area contributed by atoms with Gasteiger partial charge in [-0.15, -0.1) is 0 Å². The van der Waals surface area contributed by atoms with Gasteiger partial charge in [-0.1, -0.05) is 17.7 Å². The lowest BCUT2D eigenvalue weighted by atomic mass is 10.1. The van der Waals surface area contributed by atoms with E-state index in [9.17, 15) is 14.0 Å². The highest BCUT2D eigenvalue weighted by Crippen LogP contribution is 2.22. The minimum Gasteiger partial charge on any atom is -0.481 e. The number of amides is 1. The van der Waals surface area contributed by atoms with Crippen molar-refractivity contribution in [2.75, 3.05) is 20.1 Å². The van der Waals surface area contributed by atoms with E-state index in [0.29, 0.717) is 19.5 Å². The number of aliphatic carboxylic acids is 1. The Labute approximate surface area is 139 Å². The largest absolute Gasteiger partial charge is 0.481 e. The maximum atomic E-state index is 13.8. The van der Waals surface area contributed by atoms with Gasteiger partial charge in [0.2, 0.25) is 5.91 Å². The first-order valence-electron chi connectivity index (χ1n) is 7.46. The number of carbonyl (C=O) groups excluding carboxylic acids is 1. The zero-order chi connectivity index (χ0) is 17.1. The van der Waals surface area contributed by atoms with Crippen LogP contribution in [-0.2, 0) is 16.1 Å². The monoisotopic (exact) mass is 342 g/mol. The number of hydrogen-bond donors (Lipinski definition) is 1. The Bertz CT molecular complexity index is 591. The van der Waals surface area contributed by atoms with E-state index in [0.717, 1.165) is 0 Å². The summed E-state index contributed by atoms with van der Waals surface area (Å²) >= 11 is 5.99. The molecule has 2 atom stereocenters. The van der Waals surface area contributed by atoms with Crippen LogP contribution in [0.2, 0.25) is 5.02 Å². The van der Waals surface area contributed by atoms with Crippen molar-refractivity contribution in [2.24, 2.45) is 5.92 Å². The highest BCUT2D eigenvalue weighted by molar-refractivity contribution is 6.31. The molecule has 1 amide bonds. The smallest absolute Gasteiger partial charge is 0.307 e. The highest BCUT2D eigenvalue weighted by Gasteiger charge is 2.34. The van der Waals surface area contributed by atoms with Gasteiger partial charge < -0.3 is 10.0 Å². The van der Waals surface area contributed by atoms with Gasteiger partial charge in [-0.25, -0.2) is 4.39 Å². The molecule has 5 nitrogen and oxygen atoms in total. The van der Waals surface area contributed by atoms with E-state index >= 15 is 0 Å². The van der Waals surface area contributed by atoms with Crippen LogP contribution in [0.4, 0.5) is 4.39 Å². The van der Waals surface area contributed by atoms with E-state index in [1.54, 1.807) is 20.0 Å². The Morgan fingerprint density at radius 3 is 2.78 bits per heavy atom. The number of halogens is 2. The van der Waals surface area contributed by atoms with Crippen molar-refractivity contribution in [3.8, 4) is 0 Å². The van der Waals surface area contributed by atoms with Crippen LogP contribution < -0.4 is 0 Å². The van der Waals surface area contributed by atoms with Gasteiger partial charge in [-0.2, -0.15) is 0 Å². The number of likely N-dealkylation sites (tertiary alicyclic amines) is 1. The number of benzene rings is 1. The van der Waals surface area contributed by atoms with Crippen LogP contribution in [0.1, 0.15) is 18.9 Å². The quantitative estimate of drug-likeness (QED) is 0.891. The Kier molecular flexibility index (Phi) is 5.59. The first-order valence-corrected chi connectivity index (χ1v) is 7.83. The Morgan fingerprint density at radius 2 is 2.22 bits per heavy atom. The summed E-state index contributed by atoms with van der Waals surface area (Å²) in [7, 11) is 1.59. The molecule has 2 rings (SSSR count). The molecular formula is C16H20ClFN2O3. The predicted octanol–water partition coefficient (Wildman–Crippen LogP) is 2.23. The van der Waals surface area contributed by atoms with Crippen LogP contribution in [-0.4, -0.2) is 53.0 Å². The van der Waals surface area contributed by atoms with E-state index in [1.807, 2.05) is 4.90 Å². The standard InChI is InChI=1S/C16H20ClFN2O3/c1-10(20-7-6-11(8-20)16(22)23)15(21)19(2)9-12-13(17)4-3-5-14(12)18/h3-5,10-11H,6-9H2,1-2H3,(H,22,23). The minimum absolute atomic E-state index is 0.0743. The van der Waals surface area contributed by atoms with Crippen molar-refractivity contribution in [1.29, 1.82) is 0 Å². The molecule has 0 spiro atoms. The molecule has 23 heavy (non-hydrogen) atoms. The lowest BCUT2D eigenvalue weighted by Crippen LogP contribution is -2.45. The zero-order valence-corrected chi connectivity index (χ0v) is 13.9. The fraction of sp³-hybridized carbons (Fsp3) is 0.500. The molecule has 1 fully saturated rings. The Morgan fingerprint density at radius 1 is 1.52 bits per heavy atom. The van der Waals surface area contributed by atoms with E-state index in [4.69, 9.17) is 16.7 Å². The molecule has 1 aliphatic heterocycles. The average molecular weight is 343 g/mol. The SMILES string of the molecule is CC(C(=O)N(C)Cc1c(F)cccc1Cl)N1CCC(C(=O)O)C1. The van der Waals surface area contributed by atoms with Crippen molar-refractivity contribution in [2.45, 2.75) is 25.9 Å². The molecule has 1 aliphatic rings. The summed E-state index contributed by atoms with van der Waals surface area (Å²) in [6.45, 7) is 2.74. The Balaban J connectivity index is 2.01. The fourth-order valence-electron chi connectivity index (χ4n) is 2.81.